The standard InChI is InChI=1S/C29H27FN3O2P/c1-15-11-26(36(2,3)35)21(30)13-20(15)17-9-10-22-24(12-17)33-25-14-23(28(33)31-22)32-29(34)19-6-4-5-18(27(19)25)16-7-8-16/h4-6,9-13,16,23,25H,7-8,14H2,1-3H3,(H,32,34)/t23-,25-/m1/s1. The Labute approximate surface area is 209 Å². The molecule has 7 rings (SSSR count). The summed E-state index contributed by atoms with van der Waals surface area (Å²) in [4.78, 5) is 18.1. The molecule has 3 aliphatic rings. The fourth-order valence-corrected chi connectivity index (χ4v) is 7.27. The fourth-order valence-electron chi connectivity index (χ4n) is 6.19. The molecule has 1 N–H and O–H groups in total. The summed E-state index contributed by atoms with van der Waals surface area (Å²) in [5.74, 6) is 0.957. The zero-order valence-electron chi connectivity index (χ0n) is 20.5. The van der Waals surface area contributed by atoms with Crippen molar-refractivity contribution in [3.63, 3.8) is 0 Å². The molecule has 3 aromatic carbocycles. The Morgan fingerprint density at radius 2 is 1.89 bits per heavy atom. The lowest BCUT2D eigenvalue weighted by Crippen LogP contribution is -2.28. The minimum Gasteiger partial charge on any atom is -0.342 e. The average Bonchev–Trinajstić information content (AvgIpc) is 3.56. The van der Waals surface area contributed by atoms with Crippen molar-refractivity contribution in [1.29, 1.82) is 0 Å². The van der Waals surface area contributed by atoms with Gasteiger partial charge in [0, 0.05) is 10.9 Å². The number of carbonyl (C=O) groups is 1. The molecular formula is C29H27FN3O2P. The molecule has 1 aliphatic carbocycles. The number of hydrogen-bond acceptors (Lipinski definition) is 3. The van der Waals surface area contributed by atoms with Crippen LogP contribution in [0.15, 0.2) is 48.5 Å². The van der Waals surface area contributed by atoms with Crippen LogP contribution in [-0.4, -0.2) is 28.8 Å². The predicted molar refractivity (Wildman–Crippen MR) is 140 cm³/mol. The number of benzene rings is 3. The van der Waals surface area contributed by atoms with Gasteiger partial charge in [0.15, 0.2) is 0 Å². The highest BCUT2D eigenvalue weighted by Crippen LogP contribution is 2.50. The fraction of sp³-hybridized carbons (Fsp3) is 0.310. The van der Waals surface area contributed by atoms with E-state index in [1.54, 1.807) is 19.4 Å². The number of amides is 1. The van der Waals surface area contributed by atoms with E-state index in [2.05, 4.69) is 22.0 Å². The Bertz CT molecular complexity index is 1660. The van der Waals surface area contributed by atoms with Gasteiger partial charge in [-0.2, -0.15) is 0 Å². The van der Waals surface area contributed by atoms with Crippen molar-refractivity contribution < 1.29 is 13.8 Å². The molecule has 1 fully saturated rings. The van der Waals surface area contributed by atoms with Crippen molar-refractivity contribution in [3.8, 4) is 11.1 Å². The molecule has 4 aromatic rings. The summed E-state index contributed by atoms with van der Waals surface area (Å²) >= 11 is 0. The van der Waals surface area contributed by atoms with Crippen LogP contribution in [0.1, 0.15) is 70.1 Å². The summed E-state index contributed by atoms with van der Waals surface area (Å²) < 4.78 is 29.9. The van der Waals surface area contributed by atoms with Crippen LogP contribution in [0.4, 0.5) is 4.39 Å². The summed E-state index contributed by atoms with van der Waals surface area (Å²) in [5.41, 5.74) is 7.62. The van der Waals surface area contributed by atoms with E-state index in [-0.39, 0.29) is 18.0 Å². The predicted octanol–water partition coefficient (Wildman–Crippen LogP) is 6.05. The number of aryl methyl sites for hydroxylation is 1. The molecule has 3 heterocycles. The number of nitrogens with zero attached hydrogens (tertiary/aromatic N) is 2. The number of imidazole rings is 1. The molecule has 1 saturated carbocycles. The van der Waals surface area contributed by atoms with Crippen molar-refractivity contribution in [3.05, 3.63) is 82.4 Å². The van der Waals surface area contributed by atoms with E-state index in [1.807, 2.05) is 31.2 Å². The first kappa shape index (κ1) is 22.0. The van der Waals surface area contributed by atoms with Crippen molar-refractivity contribution >= 4 is 29.4 Å². The van der Waals surface area contributed by atoms with Crippen LogP contribution in [-0.2, 0) is 4.57 Å². The third-order valence-electron chi connectivity index (χ3n) is 8.02. The normalized spacial score (nSPS) is 20.7. The highest BCUT2D eigenvalue weighted by Gasteiger charge is 2.43. The topological polar surface area (TPSA) is 64.0 Å². The van der Waals surface area contributed by atoms with Crippen molar-refractivity contribution in [2.45, 2.75) is 44.2 Å². The van der Waals surface area contributed by atoms with Crippen LogP contribution in [0.2, 0.25) is 0 Å². The summed E-state index contributed by atoms with van der Waals surface area (Å²) in [6, 6.07) is 15.3. The molecule has 0 saturated heterocycles. The lowest BCUT2D eigenvalue weighted by atomic mass is 9.91. The van der Waals surface area contributed by atoms with E-state index in [0.717, 1.165) is 51.1 Å². The van der Waals surface area contributed by atoms with Crippen LogP contribution in [0.25, 0.3) is 22.2 Å². The zero-order valence-corrected chi connectivity index (χ0v) is 21.4. The first-order valence-electron chi connectivity index (χ1n) is 12.5. The summed E-state index contributed by atoms with van der Waals surface area (Å²) in [6.07, 6.45) is 3.12. The molecule has 0 spiro atoms. The molecule has 5 nitrogen and oxygen atoms in total. The number of aromatic nitrogens is 2. The Morgan fingerprint density at radius 3 is 2.64 bits per heavy atom. The number of hydrogen-bond donors (Lipinski definition) is 1. The lowest BCUT2D eigenvalue weighted by molar-refractivity contribution is 0.0938. The highest BCUT2D eigenvalue weighted by molar-refractivity contribution is 7.70. The summed E-state index contributed by atoms with van der Waals surface area (Å²) in [5, 5.41) is 3.51. The van der Waals surface area contributed by atoms with E-state index >= 15 is 4.39 Å². The van der Waals surface area contributed by atoms with Gasteiger partial charge in [0.25, 0.3) is 5.91 Å². The summed E-state index contributed by atoms with van der Waals surface area (Å²) in [7, 11) is -2.72. The van der Waals surface area contributed by atoms with Gasteiger partial charge in [-0.05, 0) is 104 Å². The highest BCUT2D eigenvalue weighted by atomic mass is 31.2. The monoisotopic (exact) mass is 499 g/mol. The molecule has 2 aliphatic heterocycles. The maximum absolute atomic E-state index is 15.0. The van der Waals surface area contributed by atoms with E-state index in [4.69, 9.17) is 4.98 Å². The molecular weight excluding hydrogens is 472 g/mol. The van der Waals surface area contributed by atoms with Gasteiger partial charge in [0.2, 0.25) is 0 Å². The molecule has 36 heavy (non-hydrogen) atoms. The second kappa shape index (κ2) is 7.39. The van der Waals surface area contributed by atoms with E-state index in [1.165, 1.54) is 24.5 Å². The maximum Gasteiger partial charge on any atom is 0.252 e. The minimum atomic E-state index is -2.72. The Kier molecular flexibility index (Phi) is 4.52. The van der Waals surface area contributed by atoms with Gasteiger partial charge >= 0.3 is 0 Å². The number of carbonyl (C=O) groups excluding carboxylic acids is 1. The maximum atomic E-state index is 15.0. The van der Waals surface area contributed by atoms with Gasteiger partial charge in [-0.25, -0.2) is 9.37 Å². The molecule has 1 amide bonds. The van der Waals surface area contributed by atoms with Crippen molar-refractivity contribution in [1.82, 2.24) is 14.9 Å². The molecule has 7 heteroatoms. The third-order valence-corrected chi connectivity index (χ3v) is 9.53. The number of fused-ring (bicyclic) bond motifs is 9. The largest absolute Gasteiger partial charge is 0.342 e. The number of nitrogens with one attached hydrogen (secondary N) is 1. The SMILES string of the molecule is Cc1cc(P(C)(C)=O)c(F)cc1-c1ccc2nc3n(c2c1)[C@@H]1C[C@H]3NC(=O)c2cccc(C3CC3)c21. The van der Waals surface area contributed by atoms with Gasteiger partial charge < -0.3 is 14.4 Å². The molecule has 2 bridgehead atoms. The second-order valence-electron chi connectivity index (χ2n) is 10.9. The smallest absolute Gasteiger partial charge is 0.252 e. The van der Waals surface area contributed by atoms with Crippen molar-refractivity contribution in [2.24, 2.45) is 0 Å². The van der Waals surface area contributed by atoms with Gasteiger partial charge in [0.1, 0.15) is 18.8 Å². The van der Waals surface area contributed by atoms with Gasteiger partial charge in [-0.3, -0.25) is 4.79 Å². The van der Waals surface area contributed by atoms with Crippen LogP contribution in [0.5, 0.6) is 0 Å². The minimum absolute atomic E-state index is 0.0191. The van der Waals surface area contributed by atoms with E-state index < -0.39 is 13.0 Å². The third kappa shape index (κ3) is 3.17. The van der Waals surface area contributed by atoms with Gasteiger partial charge in [0.05, 0.1) is 23.1 Å². The van der Waals surface area contributed by atoms with Crippen LogP contribution < -0.4 is 10.6 Å². The van der Waals surface area contributed by atoms with Gasteiger partial charge in [-0.1, -0.05) is 18.2 Å². The molecule has 0 radical (unpaired) electrons. The summed E-state index contributed by atoms with van der Waals surface area (Å²) in [6.45, 7) is 5.13. The first-order valence-corrected chi connectivity index (χ1v) is 15.1. The Hall–Kier alpha value is -3.24. The van der Waals surface area contributed by atoms with Crippen LogP contribution in [0, 0.1) is 12.7 Å². The lowest BCUT2D eigenvalue weighted by Gasteiger charge is -2.21. The van der Waals surface area contributed by atoms with E-state index in [0.29, 0.717) is 11.2 Å². The Balaban J connectivity index is 1.42. The first-order chi connectivity index (χ1) is 17.2. The second-order valence-corrected chi connectivity index (χ2v) is 14.1. The Morgan fingerprint density at radius 1 is 1.08 bits per heavy atom. The van der Waals surface area contributed by atoms with Crippen LogP contribution in [0.3, 0.4) is 0 Å². The zero-order chi connectivity index (χ0) is 24.9. The number of rotatable bonds is 3. The molecule has 1 aromatic heterocycles. The molecule has 2 atom stereocenters. The molecule has 0 unspecified atom stereocenters. The van der Waals surface area contributed by atoms with Crippen molar-refractivity contribution in [2.75, 3.05) is 13.3 Å². The quantitative estimate of drug-likeness (QED) is 0.349. The average molecular weight is 500 g/mol. The van der Waals surface area contributed by atoms with E-state index in [9.17, 15) is 9.36 Å². The van der Waals surface area contributed by atoms with Crippen LogP contribution >= 0.6 is 7.14 Å². The molecule has 182 valence electrons. The number of halogens is 1. The van der Waals surface area contributed by atoms with Gasteiger partial charge in [-0.15, -0.1) is 0 Å².